The van der Waals surface area contributed by atoms with Gasteiger partial charge in [-0.1, -0.05) is 30.3 Å². The van der Waals surface area contributed by atoms with Gasteiger partial charge in [-0.3, -0.25) is 19.4 Å². The number of benzene rings is 1. The van der Waals surface area contributed by atoms with Crippen molar-refractivity contribution >= 4 is 11.9 Å². The number of rotatable bonds is 7. The van der Waals surface area contributed by atoms with Crippen LogP contribution in [0.4, 0.5) is 0 Å². The van der Waals surface area contributed by atoms with E-state index >= 15 is 0 Å². The summed E-state index contributed by atoms with van der Waals surface area (Å²) in [6.07, 6.45) is -0.724. The van der Waals surface area contributed by atoms with Gasteiger partial charge in [0, 0.05) is 19.6 Å². The molecule has 0 aliphatic carbocycles. The first-order valence-corrected chi connectivity index (χ1v) is 7.97. The number of carbonyl (C=O) groups is 2. The average Bonchev–Trinajstić information content (AvgIpc) is 2.89. The second-order valence-electron chi connectivity index (χ2n) is 6.40. The van der Waals surface area contributed by atoms with Crippen LogP contribution >= 0.6 is 0 Å². The number of aliphatic hydroxyl groups excluding tert-OH is 1. The van der Waals surface area contributed by atoms with Gasteiger partial charge in [-0.05, 0) is 19.7 Å². The number of aliphatic hydroxyl groups is 1. The molecular formula is C17H25N3O4. The minimum Gasteiger partial charge on any atom is -0.480 e. The van der Waals surface area contributed by atoms with E-state index in [1.54, 1.807) is 16.8 Å². The maximum Gasteiger partial charge on any atom is 0.317 e. The summed E-state index contributed by atoms with van der Waals surface area (Å²) in [5, 5.41) is 19.0. The maximum atomic E-state index is 12.4. The van der Waals surface area contributed by atoms with Crippen molar-refractivity contribution < 1.29 is 19.8 Å². The largest absolute Gasteiger partial charge is 0.480 e. The summed E-state index contributed by atoms with van der Waals surface area (Å²) in [5.74, 6) is -1.00. The van der Waals surface area contributed by atoms with Crippen LogP contribution in [0.5, 0.6) is 0 Å². The lowest BCUT2D eigenvalue weighted by Crippen LogP contribution is -2.43. The van der Waals surface area contributed by atoms with Crippen molar-refractivity contribution in [3.63, 3.8) is 0 Å². The number of carboxylic acids is 1. The molecule has 0 saturated carbocycles. The Bertz CT molecular complexity index is 566. The molecule has 1 fully saturated rings. The molecule has 1 amide bonds. The minimum atomic E-state index is -0.947. The molecule has 1 aliphatic rings. The number of aliphatic carboxylic acids is 1. The summed E-state index contributed by atoms with van der Waals surface area (Å²) in [6, 6.07) is 9.56. The van der Waals surface area contributed by atoms with Gasteiger partial charge >= 0.3 is 5.97 Å². The highest BCUT2D eigenvalue weighted by Gasteiger charge is 2.36. The summed E-state index contributed by atoms with van der Waals surface area (Å²) >= 11 is 0. The zero-order valence-corrected chi connectivity index (χ0v) is 14.1. The predicted molar refractivity (Wildman–Crippen MR) is 89.4 cm³/mol. The van der Waals surface area contributed by atoms with Crippen LogP contribution in [0, 0.1) is 0 Å². The lowest BCUT2D eigenvalue weighted by Gasteiger charge is -2.25. The number of hydrogen-bond acceptors (Lipinski definition) is 5. The van der Waals surface area contributed by atoms with E-state index in [-0.39, 0.29) is 31.6 Å². The van der Waals surface area contributed by atoms with E-state index in [0.717, 1.165) is 5.56 Å². The summed E-state index contributed by atoms with van der Waals surface area (Å²) in [5.41, 5.74) is 1.13. The predicted octanol–water partition coefficient (Wildman–Crippen LogP) is -0.293. The normalized spacial score (nSPS) is 20.8. The van der Waals surface area contributed by atoms with Crippen LogP contribution in [0.3, 0.4) is 0 Å². The summed E-state index contributed by atoms with van der Waals surface area (Å²) in [7, 11) is 3.53. The van der Waals surface area contributed by atoms with Gasteiger partial charge in [0.15, 0.2) is 0 Å². The molecule has 1 aliphatic heterocycles. The van der Waals surface area contributed by atoms with Crippen LogP contribution in [0.1, 0.15) is 5.56 Å². The van der Waals surface area contributed by atoms with E-state index < -0.39 is 12.1 Å². The summed E-state index contributed by atoms with van der Waals surface area (Å²) in [6.45, 7) is 1.37. The number of hydrogen-bond donors (Lipinski definition) is 2. The Balaban J connectivity index is 1.85. The first-order valence-electron chi connectivity index (χ1n) is 7.97. The molecule has 7 nitrogen and oxygen atoms in total. The van der Waals surface area contributed by atoms with Crippen molar-refractivity contribution in [3.05, 3.63) is 35.9 Å². The van der Waals surface area contributed by atoms with Gasteiger partial charge in [-0.2, -0.15) is 0 Å². The fraction of sp³-hybridized carbons (Fsp3) is 0.529. The molecule has 7 heteroatoms. The Hall–Kier alpha value is -1.96. The molecule has 0 radical (unpaired) electrons. The molecule has 1 heterocycles. The van der Waals surface area contributed by atoms with Gasteiger partial charge in [-0.15, -0.1) is 0 Å². The molecule has 0 bridgehead atoms. The van der Waals surface area contributed by atoms with E-state index in [4.69, 9.17) is 5.11 Å². The Morgan fingerprint density at radius 1 is 1.17 bits per heavy atom. The van der Waals surface area contributed by atoms with Gasteiger partial charge in [0.05, 0.1) is 25.2 Å². The first kappa shape index (κ1) is 18.4. The first-order chi connectivity index (χ1) is 11.4. The van der Waals surface area contributed by atoms with E-state index in [1.807, 2.05) is 42.3 Å². The van der Waals surface area contributed by atoms with Crippen LogP contribution in [-0.2, 0) is 16.1 Å². The van der Waals surface area contributed by atoms with E-state index in [9.17, 15) is 14.7 Å². The molecule has 1 unspecified atom stereocenters. The highest BCUT2D eigenvalue weighted by atomic mass is 16.4. The molecule has 1 aromatic rings. The van der Waals surface area contributed by atoms with Gasteiger partial charge in [0.1, 0.15) is 0 Å². The smallest absolute Gasteiger partial charge is 0.317 e. The topological polar surface area (TPSA) is 84.3 Å². The van der Waals surface area contributed by atoms with Crippen molar-refractivity contribution in [2.45, 2.75) is 18.7 Å². The van der Waals surface area contributed by atoms with Crippen molar-refractivity contribution in [2.24, 2.45) is 0 Å². The van der Waals surface area contributed by atoms with Crippen molar-refractivity contribution in [1.29, 1.82) is 0 Å². The molecule has 0 aromatic heterocycles. The van der Waals surface area contributed by atoms with Crippen LogP contribution in [0.2, 0.25) is 0 Å². The number of nitrogens with zero attached hydrogens (tertiary/aromatic N) is 3. The third kappa shape index (κ3) is 5.02. The Kier molecular flexibility index (Phi) is 6.30. The third-order valence-electron chi connectivity index (χ3n) is 4.26. The lowest BCUT2D eigenvalue weighted by atomic mass is 10.2. The molecule has 1 saturated heterocycles. The maximum absolute atomic E-state index is 12.4. The molecule has 2 atom stereocenters. The SMILES string of the molecule is CN(CC(=O)N1CC(N(C)CC(=O)O)[C@H](O)C1)Cc1ccccc1. The van der Waals surface area contributed by atoms with Crippen LogP contribution in [0.25, 0.3) is 0 Å². The quantitative estimate of drug-likeness (QED) is 0.712. The van der Waals surface area contributed by atoms with Crippen LogP contribution < -0.4 is 0 Å². The molecular weight excluding hydrogens is 310 g/mol. The molecule has 132 valence electrons. The van der Waals surface area contributed by atoms with E-state index in [0.29, 0.717) is 13.1 Å². The number of carboxylic acid groups (broad SMARTS) is 1. The number of amides is 1. The second kappa shape index (κ2) is 8.23. The van der Waals surface area contributed by atoms with E-state index in [1.165, 1.54) is 0 Å². The Morgan fingerprint density at radius 3 is 2.46 bits per heavy atom. The average molecular weight is 335 g/mol. The second-order valence-corrected chi connectivity index (χ2v) is 6.40. The highest BCUT2D eigenvalue weighted by molar-refractivity contribution is 5.78. The summed E-state index contributed by atoms with van der Waals surface area (Å²) in [4.78, 5) is 28.3. The molecule has 0 spiro atoms. The van der Waals surface area contributed by atoms with Gasteiger partial charge in [0.25, 0.3) is 0 Å². The van der Waals surface area contributed by atoms with Gasteiger partial charge in [-0.25, -0.2) is 0 Å². The van der Waals surface area contributed by atoms with Crippen LogP contribution in [-0.4, -0.2) is 89.2 Å². The Labute approximate surface area is 142 Å². The monoisotopic (exact) mass is 335 g/mol. The number of carbonyl (C=O) groups excluding carboxylic acids is 1. The van der Waals surface area contributed by atoms with Crippen molar-refractivity contribution in [1.82, 2.24) is 14.7 Å². The fourth-order valence-corrected chi connectivity index (χ4v) is 3.02. The van der Waals surface area contributed by atoms with Crippen molar-refractivity contribution in [3.8, 4) is 0 Å². The zero-order chi connectivity index (χ0) is 17.7. The lowest BCUT2D eigenvalue weighted by molar-refractivity contribution is -0.138. The summed E-state index contributed by atoms with van der Waals surface area (Å²) < 4.78 is 0. The third-order valence-corrected chi connectivity index (χ3v) is 4.26. The standard InChI is InChI=1S/C17H25N3O4/c1-18(8-13-6-4-3-5-7-13)11-16(22)20-9-14(15(21)10-20)19(2)12-17(23)24/h3-7,14-15,21H,8-12H2,1-2H3,(H,23,24)/t14?,15-/m1/s1. The van der Waals surface area contributed by atoms with Crippen molar-refractivity contribution in [2.75, 3.05) is 40.3 Å². The minimum absolute atomic E-state index is 0.0568. The molecule has 24 heavy (non-hydrogen) atoms. The number of likely N-dealkylation sites (tertiary alicyclic amines) is 1. The van der Waals surface area contributed by atoms with Crippen LogP contribution in [0.15, 0.2) is 30.3 Å². The number of likely N-dealkylation sites (N-methyl/N-ethyl adjacent to an activating group) is 2. The van der Waals surface area contributed by atoms with E-state index in [2.05, 4.69) is 0 Å². The highest BCUT2D eigenvalue weighted by Crippen LogP contribution is 2.16. The fourth-order valence-electron chi connectivity index (χ4n) is 3.02. The Morgan fingerprint density at radius 2 is 1.83 bits per heavy atom. The molecule has 1 aromatic carbocycles. The molecule has 2 N–H and O–H groups in total. The molecule has 2 rings (SSSR count). The number of β-amino-alcohol motifs (C(OH)–C–C–N with tert-alkyl or cyclic N) is 1. The van der Waals surface area contributed by atoms with Gasteiger partial charge < -0.3 is 15.1 Å². The zero-order valence-electron chi connectivity index (χ0n) is 14.1. The van der Waals surface area contributed by atoms with Gasteiger partial charge in [0.2, 0.25) is 5.91 Å².